The van der Waals surface area contributed by atoms with Crippen LogP contribution in [0.4, 0.5) is 0 Å². The second kappa shape index (κ2) is 8.53. The summed E-state index contributed by atoms with van der Waals surface area (Å²) < 4.78 is 40.1. The molecule has 0 aliphatic heterocycles. The van der Waals surface area contributed by atoms with Crippen molar-refractivity contribution in [2.75, 3.05) is 14.2 Å². The summed E-state index contributed by atoms with van der Waals surface area (Å²) in [7, 11) is -0.580. The van der Waals surface area contributed by atoms with E-state index in [0.717, 1.165) is 48.1 Å². The Balaban J connectivity index is 1.95. The van der Waals surface area contributed by atoms with Gasteiger partial charge in [0.1, 0.15) is 16.4 Å². The van der Waals surface area contributed by atoms with Crippen LogP contribution in [0.2, 0.25) is 0 Å². The minimum absolute atomic E-state index is 0.222. The lowest BCUT2D eigenvalue weighted by Gasteiger charge is -2.22. The van der Waals surface area contributed by atoms with E-state index in [2.05, 4.69) is 4.72 Å². The third-order valence-corrected chi connectivity index (χ3v) is 6.94. The van der Waals surface area contributed by atoms with Gasteiger partial charge in [-0.2, -0.15) is 0 Å². The van der Waals surface area contributed by atoms with Gasteiger partial charge in [-0.1, -0.05) is 19.1 Å². The predicted octanol–water partition coefficient (Wildman–Crippen LogP) is 4.32. The molecule has 0 spiro atoms. The van der Waals surface area contributed by atoms with Crippen molar-refractivity contribution in [2.24, 2.45) is 0 Å². The lowest BCUT2D eigenvalue weighted by atomic mass is 9.92. The van der Waals surface area contributed by atoms with Gasteiger partial charge in [0.25, 0.3) is 0 Å². The summed E-state index contributed by atoms with van der Waals surface area (Å²) in [6.45, 7) is 3.92. The predicted molar refractivity (Wildman–Crippen MR) is 111 cm³/mol. The summed E-state index contributed by atoms with van der Waals surface area (Å²) >= 11 is 0. The van der Waals surface area contributed by atoms with Crippen molar-refractivity contribution in [1.82, 2.24) is 4.72 Å². The smallest absolute Gasteiger partial charge is 0.244 e. The maximum Gasteiger partial charge on any atom is 0.244 e. The molecule has 0 fully saturated rings. The van der Waals surface area contributed by atoms with Gasteiger partial charge in [-0.3, -0.25) is 0 Å². The number of sulfonamides is 1. The molecule has 0 heterocycles. The molecule has 0 unspecified atom stereocenters. The Bertz CT molecular complexity index is 953. The monoisotopic (exact) mass is 403 g/mol. The van der Waals surface area contributed by atoms with Crippen molar-refractivity contribution in [2.45, 2.75) is 56.9 Å². The Labute approximate surface area is 168 Å². The lowest BCUT2D eigenvalue weighted by molar-refractivity contribution is 0.400. The second-order valence-electron chi connectivity index (χ2n) is 7.29. The van der Waals surface area contributed by atoms with Gasteiger partial charge in [0.2, 0.25) is 10.0 Å². The highest BCUT2D eigenvalue weighted by Gasteiger charge is 2.26. The van der Waals surface area contributed by atoms with E-state index in [1.165, 1.54) is 12.7 Å². The summed E-state index contributed by atoms with van der Waals surface area (Å²) in [5, 5.41) is 0. The molecule has 0 saturated heterocycles. The average Bonchev–Trinajstić information content (AvgIpc) is 2.70. The molecule has 0 aromatic heterocycles. The summed E-state index contributed by atoms with van der Waals surface area (Å²) in [5.74, 6) is 1.20. The summed E-state index contributed by atoms with van der Waals surface area (Å²) in [5.41, 5.74) is 4.20. The Morgan fingerprint density at radius 2 is 1.64 bits per heavy atom. The molecule has 1 aliphatic rings. The van der Waals surface area contributed by atoms with Gasteiger partial charge < -0.3 is 9.47 Å². The second-order valence-corrected chi connectivity index (χ2v) is 8.97. The zero-order chi connectivity index (χ0) is 20.3. The highest BCUT2D eigenvalue weighted by atomic mass is 32.2. The van der Waals surface area contributed by atoms with Crippen LogP contribution >= 0.6 is 0 Å². The maximum atomic E-state index is 13.2. The van der Waals surface area contributed by atoms with Crippen molar-refractivity contribution in [3.8, 4) is 11.5 Å². The van der Waals surface area contributed by atoms with Gasteiger partial charge in [-0.15, -0.1) is 0 Å². The zero-order valence-corrected chi connectivity index (χ0v) is 17.9. The normalized spacial score (nSPS) is 15.0. The molecule has 28 heavy (non-hydrogen) atoms. The third kappa shape index (κ3) is 4.18. The van der Waals surface area contributed by atoms with Gasteiger partial charge >= 0.3 is 0 Å². The van der Waals surface area contributed by atoms with E-state index in [1.807, 2.05) is 38.1 Å². The van der Waals surface area contributed by atoms with E-state index in [9.17, 15) is 8.42 Å². The standard InChI is InChI=1S/C22H29NO4S/c1-5-19(18-10-11-20(26-3)15(2)12-18)23-28(24,25)22-14-17-9-7-6-8-16(17)13-21(22)27-4/h10-14,19,23H,5-9H2,1-4H3/t19-/m0/s1. The molecular formula is C22H29NO4S. The molecule has 1 aliphatic carbocycles. The molecule has 2 aromatic rings. The summed E-state index contributed by atoms with van der Waals surface area (Å²) in [6.07, 6.45) is 4.75. The number of ether oxygens (including phenoxy) is 2. The topological polar surface area (TPSA) is 64.6 Å². The highest BCUT2D eigenvalue weighted by molar-refractivity contribution is 7.89. The van der Waals surface area contributed by atoms with Crippen molar-refractivity contribution in [3.05, 3.63) is 52.6 Å². The van der Waals surface area contributed by atoms with Crippen molar-refractivity contribution in [3.63, 3.8) is 0 Å². The molecule has 3 rings (SSSR count). The fraction of sp³-hybridized carbons (Fsp3) is 0.455. The van der Waals surface area contributed by atoms with Crippen molar-refractivity contribution < 1.29 is 17.9 Å². The maximum absolute atomic E-state index is 13.2. The van der Waals surface area contributed by atoms with Crippen LogP contribution in [0.1, 0.15) is 54.5 Å². The number of methoxy groups -OCH3 is 2. The summed E-state index contributed by atoms with van der Waals surface area (Å²) in [6, 6.07) is 9.12. The molecule has 0 bridgehead atoms. The van der Waals surface area contributed by atoms with E-state index in [4.69, 9.17) is 9.47 Å². The van der Waals surface area contributed by atoms with Crippen LogP contribution in [0.5, 0.6) is 11.5 Å². The van der Waals surface area contributed by atoms with Gasteiger partial charge in [0.15, 0.2) is 0 Å². The molecule has 1 N–H and O–H groups in total. The average molecular weight is 404 g/mol. The number of benzene rings is 2. The van der Waals surface area contributed by atoms with Crippen LogP contribution in [0.15, 0.2) is 35.2 Å². The molecule has 1 atom stereocenters. The van der Waals surface area contributed by atoms with E-state index in [-0.39, 0.29) is 10.9 Å². The van der Waals surface area contributed by atoms with Crippen LogP contribution in [0.25, 0.3) is 0 Å². The Kier molecular flexibility index (Phi) is 6.30. The van der Waals surface area contributed by atoms with Crippen LogP contribution < -0.4 is 14.2 Å². The number of rotatable bonds is 7. The van der Waals surface area contributed by atoms with Crippen molar-refractivity contribution in [1.29, 1.82) is 0 Å². The van der Waals surface area contributed by atoms with Gasteiger partial charge in [0, 0.05) is 6.04 Å². The van der Waals surface area contributed by atoms with Gasteiger partial charge in [0.05, 0.1) is 14.2 Å². The quantitative estimate of drug-likeness (QED) is 0.748. The molecule has 6 heteroatoms. The first-order valence-electron chi connectivity index (χ1n) is 9.76. The molecule has 2 aromatic carbocycles. The first-order chi connectivity index (χ1) is 13.4. The van der Waals surface area contributed by atoms with E-state index in [1.54, 1.807) is 13.2 Å². The Morgan fingerprint density at radius 3 is 2.21 bits per heavy atom. The first kappa shape index (κ1) is 20.7. The number of hydrogen-bond donors (Lipinski definition) is 1. The number of hydrogen-bond acceptors (Lipinski definition) is 4. The third-order valence-electron chi connectivity index (χ3n) is 5.44. The Hall–Kier alpha value is -2.05. The van der Waals surface area contributed by atoms with E-state index in [0.29, 0.717) is 12.2 Å². The van der Waals surface area contributed by atoms with Crippen LogP contribution in [0, 0.1) is 6.92 Å². The number of aryl methyl sites for hydroxylation is 3. The molecule has 0 radical (unpaired) electrons. The van der Waals surface area contributed by atoms with Crippen LogP contribution in [-0.2, 0) is 22.9 Å². The van der Waals surface area contributed by atoms with Crippen LogP contribution in [0.3, 0.4) is 0 Å². The first-order valence-corrected chi connectivity index (χ1v) is 11.2. The fourth-order valence-electron chi connectivity index (χ4n) is 3.87. The highest BCUT2D eigenvalue weighted by Crippen LogP contribution is 2.33. The number of fused-ring (bicyclic) bond motifs is 1. The lowest BCUT2D eigenvalue weighted by Crippen LogP contribution is -2.29. The van der Waals surface area contributed by atoms with Gasteiger partial charge in [-0.25, -0.2) is 13.1 Å². The molecule has 0 saturated carbocycles. The van der Waals surface area contributed by atoms with E-state index < -0.39 is 10.0 Å². The zero-order valence-electron chi connectivity index (χ0n) is 17.0. The minimum atomic E-state index is -3.73. The minimum Gasteiger partial charge on any atom is -0.496 e. The SMILES string of the molecule is CC[C@H](NS(=O)(=O)c1cc2c(cc1OC)CCCC2)c1ccc(OC)c(C)c1. The Morgan fingerprint density at radius 1 is 1.00 bits per heavy atom. The van der Waals surface area contributed by atoms with Crippen LogP contribution in [-0.4, -0.2) is 22.6 Å². The molecule has 5 nitrogen and oxygen atoms in total. The van der Waals surface area contributed by atoms with Gasteiger partial charge in [-0.05, 0) is 79.5 Å². The number of nitrogens with one attached hydrogen (secondary N) is 1. The van der Waals surface area contributed by atoms with Crippen molar-refractivity contribution >= 4 is 10.0 Å². The molecule has 152 valence electrons. The fourth-order valence-corrected chi connectivity index (χ4v) is 5.38. The molecular weight excluding hydrogens is 374 g/mol. The summed E-state index contributed by atoms with van der Waals surface area (Å²) in [4.78, 5) is 0.222. The largest absolute Gasteiger partial charge is 0.496 e. The molecule has 0 amide bonds. The van der Waals surface area contributed by atoms with E-state index >= 15 is 0 Å².